The molecule has 0 saturated carbocycles. The average molecular weight is 234 g/mol. The monoisotopic (exact) mass is 234 g/mol. The van der Waals surface area contributed by atoms with Gasteiger partial charge in [-0.05, 0) is 19.1 Å². The number of nitrogens with one attached hydrogen (secondary N) is 1. The lowest BCUT2D eigenvalue weighted by Crippen LogP contribution is -2.43. The molecule has 0 spiro atoms. The molecule has 1 aromatic rings. The van der Waals surface area contributed by atoms with E-state index < -0.39 is 6.04 Å². The highest BCUT2D eigenvalue weighted by molar-refractivity contribution is 5.93. The standard InChI is InChI=1S/C12H14N2O3/c1-2-17-12(16)10-8-11(15)13-14(10)9-6-4-3-5-7-9/h3-7,10H,2,8H2,1H3,(H,13,15). The van der Waals surface area contributed by atoms with Gasteiger partial charge in [-0.25, -0.2) is 4.79 Å². The number of benzene rings is 1. The smallest absolute Gasteiger partial charge is 0.331 e. The minimum absolute atomic E-state index is 0.133. The average Bonchev–Trinajstić information content (AvgIpc) is 2.73. The summed E-state index contributed by atoms with van der Waals surface area (Å²) in [5, 5.41) is 1.56. The summed E-state index contributed by atoms with van der Waals surface area (Å²) in [5.74, 6) is -0.554. The van der Waals surface area contributed by atoms with E-state index in [1.54, 1.807) is 11.9 Å². The van der Waals surface area contributed by atoms with E-state index in [9.17, 15) is 9.59 Å². The summed E-state index contributed by atoms with van der Waals surface area (Å²) in [6.45, 7) is 2.06. The van der Waals surface area contributed by atoms with Crippen molar-refractivity contribution in [2.24, 2.45) is 0 Å². The number of esters is 1. The molecule has 0 aliphatic carbocycles. The molecule has 5 nitrogen and oxygen atoms in total. The number of carbonyl (C=O) groups excluding carboxylic acids is 2. The van der Waals surface area contributed by atoms with Crippen molar-refractivity contribution in [1.82, 2.24) is 5.43 Å². The van der Waals surface area contributed by atoms with E-state index in [0.29, 0.717) is 6.61 Å². The minimum atomic E-state index is -0.579. The van der Waals surface area contributed by atoms with E-state index in [1.807, 2.05) is 30.3 Å². The molecule has 1 N–H and O–H groups in total. The molecule has 2 rings (SSSR count). The summed E-state index contributed by atoms with van der Waals surface area (Å²) in [6.07, 6.45) is 0.133. The number of para-hydroxylation sites is 1. The number of anilines is 1. The quantitative estimate of drug-likeness (QED) is 0.788. The van der Waals surface area contributed by atoms with E-state index in [4.69, 9.17) is 4.74 Å². The van der Waals surface area contributed by atoms with Gasteiger partial charge in [0.1, 0.15) is 0 Å². The van der Waals surface area contributed by atoms with E-state index in [1.165, 1.54) is 0 Å². The van der Waals surface area contributed by atoms with Gasteiger partial charge in [0.05, 0.1) is 18.7 Å². The summed E-state index contributed by atoms with van der Waals surface area (Å²) in [5.41, 5.74) is 3.43. The van der Waals surface area contributed by atoms with Crippen molar-refractivity contribution in [3.63, 3.8) is 0 Å². The maximum atomic E-state index is 11.7. The van der Waals surface area contributed by atoms with Gasteiger partial charge in [-0.1, -0.05) is 18.2 Å². The molecule has 1 unspecified atom stereocenters. The lowest BCUT2D eigenvalue weighted by molar-refractivity contribution is -0.144. The second kappa shape index (κ2) is 4.86. The number of nitrogens with zero attached hydrogens (tertiary/aromatic N) is 1. The van der Waals surface area contributed by atoms with Gasteiger partial charge in [-0.2, -0.15) is 0 Å². The number of hydrazine groups is 1. The molecule has 0 bridgehead atoms. The summed E-state index contributed by atoms with van der Waals surface area (Å²) >= 11 is 0. The molecule has 1 fully saturated rings. The predicted octanol–water partition coefficient (Wildman–Crippen LogP) is 0.860. The van der Waals surface area contributed by atoms with E-state index >= 15 is 0 Å². The molecule has 1 amide bonds. The molecule has 1 aromatic carbocycles. The number of ether oxygens (including phenoxy) is 1. The third-order valence-corrected chi connectivity index (χ3v) is 2.53. The molecule has 90 valence electrons. The van der Waals surface area contributed by atoms with Crippen molar-refractivity contribution in [3.05, 3.63) is 30.3 Å². The van der Waals surface area contributed by atoms with Crippen LogP contribution < -0.4 is 10.4 Å². The van der Waals surface area contributed by atoms with Crippen LogP contribution in [0.3, 0.4) is 0 Å². The second-order valence-corrected chi connectivity index (χ2v) is 3.71. The van der Waals surface area contributed by atoms with E-state index in [2.05, 4.69) is 5.43 Å². The van der Waals surface area contributed by atoms with Crippen LogP contribution in [0, 0.1) is 0 Å². The summed E-state index contributed by atoms with van der Waals surface area (Å²) in [7, 11) is 0. The Labute approximate surface area is 99.3 Å². The first-order valence-electron chi connectivity index (χ1n) is 5.52. The molecular weight excluding hydrogens is 220 g/mol. The molecule has 17 heavy (non-hydrogen) atoms. The first-order chi connectivity index (χ1) is 8.22. The molecule has 0 radical (unpaired) electrons. The van der Waals surface area contributed by atoms with Crippen molar-refractivity contribution in [3.8, 4) is 0 Å². The highest BCUT2D eigenvalue weighted by Gasteiger charge is 2.36. The fourth-order valence-electron chi connectivity index (χ4n) is 1.79. The van der Waals surface area contributed by atoms with Crippen LogP contribution >= 0.6 is 0 Å². The normalized spacial score (nSPS) is 19.0. The van der Waals surface area contributed by atoms with Crippen LogP contribution in [-0.4, -0.2) is 24.5 Å². The third kappa shape index (κ3) is 2.38. The summed E-state index contributed by atoms with van der Waals surface area (Å²) in [4.78, 5) is 23.1. The topological polar surface area (TPSA) is 58.6 Å². The largest absolute Gasteiger partial charge is 0.464 e. The second-order valence-electron chi connectivity index (χ2n) is 3.71. The Balaban J connectivity index is 2.20. The van der Waals surface area contributed by atoms with Crippen molar-refractivity contribution < 1.29 is 14.3 Å². The molecule has 1 aliphatic rings. The van der Waals surface area contributed by atoms with Crippen molar-refractivity contribution in [2.75, 3.05) is 11.6 Å². The minimum Gasteiger partial charge on any atom is -0.464 e. The Hall–Kier alpha value is -2.04. The van der Waals surface area contributed by atoms with Crippen LogP contribution in [0.25, 0.3) is 0 Å². The van der Waals surface area contributed by atoms with E-state index in [0.717, 1.165) is 5.69 Å². The van der Waals surface area contributed by atoms with Crippen LogP contribution in [0.5, 0.6) is 0 Å². The van der Waals surface area contributed by atoms with Gasteiger partial charge in [0.25, 0.3) is 0 Å². The fraction of sp³-hybridized carbons (Fsp3) is 0.333. The maximum Gasteiger partial charge on any atom is 0.331 e. The van der Waals surface area contributed by atoms with Gasteiger partial charge in [-0.3, -0.25) is 15.2 Å². The van der Waals surface area contributed by atoms with Crippen molar-refractivity contribution >= 4 is 17.6 Å². The van der Waals surface area contributed by atoms with E-state index in [-0.39, 0.29) is 18.3 Å². The zero-order chi connectivity index (χ0) is 12.3. The van der Waals surface area contributed by atoms with Crippen molar-refractivity contribution in [2.45, 2.75) is 19.4 Å². The number of hydrogen-bond acceptors (Lipinski definition) is 4. The van der Waals surface area contributed by atoms with Gasteiger partial charge >= 0.3 is 5.97 Å². The fourth-order valence-corrected chi connectivity index (χ4v) is 1.79. The van der Waals surface area contributed by atoms with Crippen molar-refractivity contribution in [1.29, 1.82) is 0 Å². The summed E-state index contributed by atoms with van der Waals surface area (Å²) < 4.78 is 4.95. The molecule has 1 aliphatic heterocycles. The first kappa shape index (κ1) is 11.4. The maximum absolute atomic E-state index is 11.7. The SMILES string of the molecule is CCOC(=O)C1CC(=O)NN1c1ccccc1. The number of hydrogen-bond donors (Lipinski definition) is 1. The van der Waals surface area contributed by atoms with Gasteiger partial charge in [0.2, 0.25) is 5.91 Å². The van der Waals surface area contributed by atoms with Crippen LogP contribution in [0.2, 0.25) is 0 Å². The Morgan fingerprint density at radius 2 is 2.18 bits per heavy atom. The molecule has 1 saturated heterocycles. The van der Waals surface area contributed by atoms with Gasteiger partial charge in [0.15, 0.2) is 6.04 Å². The third-order valence-electron chi connectivity index (χ3n) is 2.53. The molecule has 0 aromatic heterocycles. The first-order valence-corrected chi connectivity index (χ1v) is 5.52. The summed E-state index contributed by atoms with van der Waals surface area (Å²) in [6, 6.07) is 8.66. The van der Waals surface area contributed by atoms with Gasteiger partial charge in [-0.15, -0.1) is 0 Å². The molecule has 1 atom stereocenters. The van der Waals surface area contributed by atoms with Crippen LogP contribution in [0.1, 0.15) is 13.3 Å². The zero-order valence-electron chi connectivity index (χ0n) is 9.55. The zero-order valence-corrected chi connectivity index (χ0v) is 9.55. The number of amides is 1. The Morgan fingerprint density at radius 1 is 1.47 bits per heavy atom. The Morgan fingerprint density at radius 3 is 2.82 bits per heavy atom. The Kier molecular flexibility index (Phi) is 3.27. The lowest BCUT2D eigenvalue weighted by Gasteiger charge is -2.23. The van der Waals surface area contributed by atoms with Crippen LogP contribution in [0.4, 0.5) is 5.69 Å². The highest BCUT2D eigenvalue weighted by Crippen LogP contribution is 2.21. The molecular formula is C12H14N2O3. The predicted molar refractivity (Wildman–Crippen MR) is 62.1 cm³/mol. The number of rotatable bonds is 3. The lowest BCUT2D eigenvalue weighted by atomic mass is 10.2. The van der Waals surface area contributed by atoms with Crippen LogP contribution in [0.15, 0.2) is 30.3 Å². The van der Waals surface area contributed by atoms with Gasteiger partial charge in [0, 0.05) is 0 Å². The molecule has 1 heterocycles. The van der Waals surface area contributed by atoms with Crippen LogP contribution in [-0.2, 0) is 14.3 Å². The highest BCUT2D eigenvalue weighted by atomic mass is 16.5. The molecule has 5 heteroatoms. The van der Waals surface area contributed by atoms with Gasteiger partial charge < -0.3 is 4.74 Å². The number of carbonyl (C=O) groups is 2. The Bertz CT molecular complexity index is 419.